The smallest absolute Gasteiger partial charge is 0.269 e. The van der Waals surface area contributed by atoms with E-state index in [1.54, 1.807) is 18.2 Å². The maximum atomic E-state index is 11.4. The third-order valence-electron chi connectivity index (χ3n) is 2.11. The summed E-state index contributed by atoms with van der Waals surface area (Å²) in [6.07, 6.45) is 2.86. The highest BCUT2D eigenvalue weighted by atomic mass is 32.1. The van der Waals surface area contributed by atoms with Crippen LogP contribution >= 0.6 is 12.2 Å². The van der Waals surface area contributed by atoms with Crippen LogP contribution in [0.15, 0.2) is 30.3 Å². The third kappa shape index (κ3) is 5.26. The van der Waals surface area contributed by atoms with E-state index in [2.05, 4.69) is 10.6 Å². The van der Waals surface area contributed by atoms with Crippen LogP contribution in [0, 0.1) is 10.1 Å². The van der Waals surface area contributed by atoms with Crippen LogP contribution in [0.4, 0.5) is 5.69 Å². The summed E-state index contributed by atoms with van der Waals surface area (Å²) in [5, 5.41) is 16.0. The molecule has 100 valence electrons. The summed E-state index contributed by atoms with van der Waals surface area (Å²) in [5.41, 5.74) is 0.699. The number of amides is 1. The molecule has 19 heavy (non-hydrogen) atoms. The normalized spacial score (nSPS) is 10.2. The second kappa shape index (κ2) is 7.22. The lowest BCUT2D eigenvalue weighted by molar-refractivity contribution is -0.384. The van der Waals surface area contributed by atoms with Crippen molar-refractivity contribution in [2.45, 2.75) is 6.92 Å². The minimum absolute atomic E-state index is 0.00919. The maximum absolute atomic E-state index is 11.4. The van der Waals surface area contributed by atoms with Crippen molar-refractivity contribution in [3.63, 3.8) is 0 Å². The van der Waals surface area contributed by atoms with Gasteiger partial charge in [0.2, 0.25) is 5.91 Å². The number of nitrogens with one attached hydrogen (secondary N) is 2. The molecule has 0 saturated heterocycles. The number of rotatable bonds is 4. The number of carbonyl (C=O) groups is 1. The molecule has 6 nitrogen and oxygen atoms in total. The Morgan fingerprint density at radius 3 is 2.58 bits per heavy atom. The Labute approximate surface area is 115 Å². The van der Waals surface area contributed by atoms with Gasteiger partial charge in [-0.3, -0.25) is 20.2 Å². The molecule has 0 fully saturated rings. The molecule has 1 aromatic rings. The summed E-state index contributed by atoms with van der Waals surface area (Å²) < 4.78 is 0. The molecule has 0 aromatic heterocycles. The van der Waals surface area contributed by atoms with E-state index in [0.717, 1.165) is 0 Å². The Bertz CT molecular complexity index is 511. The first-order valence-electron chi connectivity index (χ1n) is 5.54. The van der Waals surface area contributed by atoms with Crippen LogP contribution in [0.2, 0.25) is 0 Å². The summed E-state index contributed by atoms with van der Waals surface area (Å²) in [5.74, 6) is -0.357. The lowest BCUT2D eigenvalue weighted by Crippen LogP contribution is -2.38. The zero-order valence-electron chi connectivity index (χ0n) is 10.3. The summed E-state index contributed by atoms with van der Waals surface area (Å²) in [6.45, 7) is 2.50. The molecule has 0 radical (unpaired) electrons. The largest absolute Gasteiger partial charge is 0.363 e. The van der Waals surface area contributed by atoms with Gasteiger partial charge in [-0.05, 0) is 42.9 Å². The molecule has 0 aliphatic heterocycles. The number of nitro groups is 1. The molecule has 7 heteroatoms. The number of non-ortho nitro benzene ring substituents is 1. The van der Waals surface area contributed by atoms with E-state index in [4.69, 9.17) is 12.2 Å². The number of carbonyl (C=O) groups excluding carboxylic acids is 1. The Balaban J connectivity index is 2.58. The van der Waals surface area contributed by atoms with Crippen molar-refractivity contribution in [3.8, 4) is 0 Å². The highest BCUT2D eigenvalue weighted by molar-refractivity contribution is 7.80. The molecule has 0 heterocycles. The quantitative estimate of drug-likeness (QED) is 0.378. The Morgan fingerprint density at radius 2 is 2.05 bits per heavy atom. The van der Waals surface area contributed by atoms with E-state index in [1.807, 2.05) is 6.92 Å². The molecule has 0 spiro atoms. The van der Waals surface area contributed by atoms with Gasteiger partial charge in [0.15, 0.2) is 5.11 Å². The molecular weight excluding hydrogens is 266 g/mol. The van der Waals surface area contributed by atoms with E-state index >= 15 is 0 Å². The molecule has 1 amide bonds. The van der Waals surface area contributed by atoms with Gasteiger partial charge in [0.1, 0.15) is 0 Å². The number of thiocarbonyl (C=S) groups is 1. The van der Waals surface area contributed by atoms with Gasteiger partial charge in [-0.2, -0.15) is 0 Å². The van der Waals surface area contributed by atoms with E-state index < -0.39 is 4.92 Å². The number of nitro benzene ring substituents is 1. The lowest BCUT2D eigenvalue weighted by Gasteiger charge is -2.04. The second-order valence-corrected chi connectivity index (χ2v) is 3.94. The van der Waals surface area contributed by atoms with Gasteiger partial charge in [0.05, 0.1) is 4.92 Å². The molecule has 0 aliphatic rings. The molecule has 0 unspecified atom stereocenters. The average Bonchev–Trinajstić information content (AvgIpc) is 2.37. The molecule has 2 N–H and O–H groups in total. The van der Waals surface area contributed by atoms with E-state index in [1.165, 1.54) is 18.2 Å². The SMILES string of the molecule is CCNC(=S)NC(=O)/C=C/c1ccc([N+](=O)[O-])cc1. The fourth-order valence-electron chi connectivity index (χ4n) is 1.24. The Morgan fingerprint density at radius 1 is 1.42 bits per heavy atom. The van der Waals surface area contributed by atoms with Gasteiger partial charge in [-0.15, -0.1) is 0 Å². The number of nitrogens with zero attached hydrogens (tertiary/aromatic N) is 1. The third-order valence-corrected chi connectivity index (χ3v) is 2.35. The van der Waals surface area contributed by atoms with Gasteiger partial charge in [0.25, 0.3) is 5.69 Å². The minimum Gasteiger partial charge on any atom is -0.363 e. The topological polar surface area (TPSA) is 84.3 Å². The van der Waals surface area contributed by atoms with Crippen molar-refractivity contribution in [1.29, 1.82) is 0 Å². The average molecular weight is 279 g/mol. The van der Waals surface area contributed by atoms with Crippen LogP contribution < -0.4 is 10.6 Å². The van der Waals surface area contributed by atoms with Gasteiger partial charge in [-0.1, -0.05) is 0 Å². The van der Waals surface area contributed by atoms with Crippen molar-refractivity contribution >= 4 is 35.0 Å². The minimum atomic E-state index is -0.477. The second-order valence-electron chi connectivity index (χ2n) is 3.53. The molecule has 1 rings (SSSR count). The van der Waals surface area contributed by atoms with Gasteiger partial charge in [0, 0.05) is 24.8 Å². The van der Waals surface area contributed by atoms with Gasteiger partial charge >= 0.3 is 0 Å². The van der Waals surface area contributed by atoms with Crippen molar-refractivity contribution < 1.29 is 9.72 Å². The summed E-state index contributed by atoms with van der Waals surface area (Å²) in [4.78, 5) is 21.4. The standard InChI is InChI=1S/C12H13N3O3S/c1-2-13-12(19)14-11(16)8-5-9-3-6-10(7-4-9)15(17)18/h3-8H,2H2,1H3,(H2,13,14,16,19)/b8-5+. The molecule has 1 aromatic carbocycles. The highest BCUT2D eigenvalue weighted by Gasteiger charge is 2.03. The summed E-state index contributed by atoms with van der Waals surface area (Å²) in [7, 11) is 0. The molecular formula is C12H13N3O3S. The van der Waals surface area contributed by atoms with Crippen LogP contribution in [0.5, 0.6) is 0 Å². The Kier molecular flexibility index (Phi) is 5.62. The molecule has 0 aliphatic carbocycles. The van der Waals surface area contributed by atoms with Crippen LogP contribution in [0.25, 0.3) is 6.08 Å². The molecule has 0 saturated carbocycles. The molecule has 0 atom stereocenters. The van der Waals surface area contributed by atoms with Crippen LogP contribution in [0.1, 0.15) is 12.5 Å². The fraction of sp³-hybridized carbons (Fsp3) is 0.167. The lowest BCUT2D eigenvalue weighted by atomic mass is 10.2. The zero-order chi connectivity index (χ0) is 14.3. The van der Waals surface area contributed by atoms with Crippen molar-refractivity contribution in [1.82, 2.24) is 10.6 Å². The predicted molar refractivity (Wildman–Crippen MR) is 76.5 cm³/mol. The maximum Gasteiger partial charge on any atom is 0.269 e. The first kappa shape index (κ1) is 14.8. The number of hydrogen-bond acceptors (Lipinski definition) is 4. The van der Waals surface area contributed by atoms with Crippen LogP contribution in [-0.4, -0.2) is 22.5 Å². The molecule has 0 bridgehead atoms. The number of hydrogen-bond donors (Lipinski definition) is 2. The highest BCUT2D eigenvalue weighted by Crippen LogP contribution is 2.12. The van der Waals surface area contributed by atoms with E-state index in [9.17, 15) is 14.9 Å². The zero-order valence-corrected chi connectivity index (χ0v) is 11.1. The van der Waals surface area contributed by atoms with Crippen LogP contribution in [0.3, 0.4) is 0 Å². The van der Waals surface area contributed by atoms with Crippen molar-refractivity contribution in [2.24, 2.45) is 0 Å². The summed E-state index contributed by atoms with van der Waals surface area (Å²) >= 11 is 4.85. The van der Waals surface area contributed by atoms with E-state index in [0.29, 0.717) is 12.1 Å². The van der Waals surface area contributed by atoms with E-state index in [-0.39, 0.29) is 16.7 Å². The predicted octanol–water partition coefficient (Wildman–Crippen LogP) is 1.62. The van der Waals surface area contributed by atoms with Gasteiger partial charge in [-0.25, -0.2) is 0 Å². The Hall–Kier alpha value is -2.28. The van der Waals surface area contributed by atoms with Gasteiger partial charge < -0.3 is 5.32 Å². The number of benzene rings is 1. The monoisotopic (exact) mass is 279 g/mol. The first-order chi connectivity index (χ1) is 9.02. The van der Waals surface area contributed by atoms with Crippen molar-refractivity contribution in [2.75, 3.05) is 6.54 Å². The van der Waals surface area contributed by atoms with Crippen LogP contribution in [-0.2, 0) is 4.79 Å². The van der Waals surface area contributed by atoms with Crippen molar-refractivity contribution in [3.05, 3.63) is 46.0 Å². The summed E-state index contributed by atoms with van der Waals surface area (Å²) in [6, 6.07) is 5.87. The first-order valence-corrected chi connectivity index (χ1v) is 5.95. The fourth-order valence-corrected chi connectivity index (χ4v) is 1.48.